The number of hydrogen-bond donors (Lipinski definition) is 1. The number of fused-ring (bicyclic) bond motifs is 1. The van der Waals surface area contributed by atoms with Gasteiger partial charge in [-0.15, -0.1) is 0 Å². The molecule has 158 valence electrons. The van der Waals surface area contributed by atoms with Gasteiger partial charge in [0.1, 0.15) is 0 Å². The maximum absolute atomic E-state index is 11.5. The third-order valence-electron chi connectivity index (χ3n) is 5.63. The Balaban J connectivity index is 0.000000152. The number of aromatic nitrogens is 2. The zero-order valence-electron chi connectivity index (χ0n) is 17.2. The average Bonchev–Trinajstić information content (AvgIpc) is 3.29. The van der Waals surface area contributed by atoms with Crippen molar-refractivity contribution in [3.8, 4) is 6.07 Å². The van der Waals surface area contributed by atoms with E-state index >= 15 is 0 Å². The molecule has 0 bridgehead atoms. The number of carbonyl (C=O) groups is 1. The van der Waals surface area contributed by atoms with Gasteiger partial charge in [-0.05, 0) is 55.2 Å². The Hall–Kier alpha value is -3.14. The monoisotopic (exact) mass is 433 g/mol. The fourth-order valence-electron chi connectivity index (χ4n) is 4.05. The van der Waals surface area contributed by atoms with Crippen LogP contribution in [0.4, 0.5) is 5.69 Å². The normalized spacial score (nSPS) is 17.9. The van der Waals surface area contributed by atoms with Crippen LogP contribution in [-0.2, 0) is 11.2 Å². The highest BCUT2D eigenvalue weighted by molar-refractivity contribution is 6.30. The molecule has 2 aliphatic rings. The van der Waals surface area contributed by atoms with Crippen molar-refractivity contribution in [2.75, 3.05) is 24.5 Å². The second-order valence-corrected chi connectivity index (χ2v) is 8.07. The summed E-state index contributed by atoms with van der Waals surface area (Å²) in [6.45, 7) is 1.95. The average molecular weight is 434 g/mol. The van der Waals surface area contributed by atoms with Crippen LogP contribution in [0, 0.1) is 11.3 Å². The van der Waals surface area contributed by atoms with E-state index in [1.165, 1.54) is 17.7 Å². The summed E-state index contributed by atoms with van der Waals surface area (Å²) >= 11 is 5.86. The third kappa shape index (κ3) is 4.96. The molecular formula is C24H24ClN5O. The molecular weight excluding hydrogens is 410 g/mol. The van der Waals surface area contributed by atoms with Crippen LogP contribution < -0.4 is 10.2 Å². The Labute approximate surface area is 187 Å². The summed E-state index contributed by atoms with van der Waals surface area (Å²) in [5.74, 6) is 0.0958. The first-order chi connectivity index (χ1) is 15.2. The van der Waals surface area contributed by atoms with E-state index in [9.17, 15) is 4.79 Å². The molecule has 2 aromatic carbocycles. The molecule has 0 spiro atoms. The molecule has 6 nitrogen and oxygen atoms in total. The predicted molar refractivity (Wildman–Crippen MR) is 121 cm³/mol. The molecule has 0 aliphatic carbocycles. The van der Waals surface area contributed by atoms with E-state index in [0.29, 0.717) is 24.2 Å². The van der Waals surface area contributed by atoms with Crippen LogP contribution in [0.15, 0.2) is 61.1 Å². The number of rotatable bonds is 2. The van der Waals surface area contributed by atoms with Crippen molar-refractivity contribution in [3.63, 3.8) is 0 Å². The molecule has 0 saturated carbocycles. The minimum atomic E-state index is 0.0958. The van der Waals surface area contributed by atoms with Crippen molar-refractivity contribution in [1.82, 2.24) is 14.9 Å². The Bertz CT molecular complexity index is 1090. The fraction of sp³-hybridized carbons (Fsp3) is 0.292. The molecule has 1 N–H and O–H groups in total. The highest BCUT2D eigenvalue weighted by Crippen LogP contribution is 2.30. The summed E-state index contributed by atoms with van der Waals surface area (Å²) in [4.78, 5) is 17.5. The number of anilines is 1. The van der Waals surface area contributed by atoms with Crippen molar-refractivity contribution in [2.45, 2.75) is 25.3 Å². The third-order valence-corrected chi connectivity index (χ3v) is 5.86. The number of nitrogens with zero attached hydrogens (tertiary/aromatic N) is 4. The highest BCUT2D eigenvalue weighted by atomic mass is 35.5. The van der Waals surface area contributed by atoms with Crippen LogP contribution in [-0.4, -0.2) is 35.1 Å². The van der Waals surface area contributed by atoms with Gasteiger partial charge >= 0.3 is 0 Å². The van der Waals surface area contributed by atoms with E-state index in [1.54, 1.807) is 11.0 Å². The Morgan fingerprint density at radius 2 is 2.03 bits per heavy atom. The van der Waals surface area contributed by atoms with Crippen LogP contribution in [0.3, 0.4) is 0 Å². The lowest BCUT2D eigenvalue weighted by Gasteiger charge is -2.27. The minimum Gasteiger partial charge on any atom is -0.327 e. The number of aryl methyl sites for hydroxylation is 1. The lowest BCUT2D eigenvalue weighted by molar-refractivity contribution is -0.118. The van der Waals surface area contributed by atoms with Gasteiger partial charge in [0.2, 0.25) is 5.91 Å². The number of halogens is 1. The molecule has 1 aromatic heterocycles. The summed E-state index contributed by atoms with van der Waals surface area (Å²) in [5.41, 5.74) is 4.17. The molecule has 1 unspecified atom stereocenters. The molecule has 3 aromatic rings. The maximum atomic E-state index is 11.5. The van der Waals surface area contributed by atoms with Gasteiger partial charge in [-0.3, -0.25) is 4.79 Å². The number of nitrogens with one attached hydrogen (secondary N) is 1. The minimum absolute atomic E-state index is 0.0958. The van der Waals surface area contributed by atoms with Crippen LogP contribution in [0.1, 0.15) is 35.7 Å². The van der Waals surface area contributed by atoms with Gasteiger partial charge in [-0.25, -0.2) is 4.98 Å². The first-order valence-electron chi connectivity index (χ1n) is 10.4. The molecule has 1 atom stereocenters. The van der Waals surface area contributed by atoms with E-state index in [4.69, 9.17) is 16.9 Å². The van der Waals surface area contributed by atoms with Crippen LogP contribution in [0.25, 0.3) is 0 Å². The number of amides is 1. The number of benzene rings is 2. The smallest absolute Gasteiger partial charge is 0.240 e. The van der Waals surface area contributed by atoms with Gasteiger partial charge in [-0.1, -0.05) is 29.8 Å². The van der Waals surface area contributed by atoms with Crippen molar-refractivity contribution < 1.29 is 4.79 Å². The van der Waals surface area contributed by atoms with Gasteiger partial charge in [0.25, 0.3) is 0 Å². The second kappa shape index (κ2) is 9.78. The summed E-state index contributed by atoms with van der Waals surface area (Å²) in [7, 11) is 0. The highest BCUT2D eigenvalue weighted by Gasteiger charge is 2.21. The molecule has 2 aliphatic heterocycles. The SMILES string of the molecule is N#Cc1ccc(C2CCCc3cncn32)cc1.O=C1CNCCN1c1cccc(Cl)c1. The molecule has 1 saturated heterocycles. The Morgan fingerprint density at radius 3 is 2.77 bits per heavy atom. The number of piperazine rings is 1. The lowest BCUT2D eigenvalue weighted by atomic mass is 9.96. The topological polar surface area (TPSA) is 73.9 Å². The number of nitriles is 1. The van der Waals surface area contributed by atoms with Crippen molar-refractivity contribution >= 4 is 23.2 Å². The fourth-order valence-corrected chi connectivity index (χ4v) is 4.24. The van der Waals surface area contributed by atoms with Gasteiger partial charge in [-0.2, -0.15) is 5.26 Å². The summed E-state index contributed by atoms with van der Waals surface area (Å²) in [5, 5.41) is 12.5. The van der Waals surface area contributed by atoms with E-state index < -0.39 is 0 Å². The summed E-state index contributed by atoms with van der Waals surface area (Å²) in [6, 6.07) is 17.8. The van der Waals surface area contributed by atoms with Gasteiger partial charge in [0.05, 0.1) is 30.5 Å². The Morgan fingerprint density at radius 1 is 1.19 bits per heavy atom. The lowest BCUT2D eigenvalue weighted by Crippen LogP contribution is -2.48. The second-order valence-electron chi connectivity index (χ2n) is 7.64. The first kappa shape index (κ1) is 21.1. The molecule has 0 radical (unpaired) electrons. The molecule has 1 fully saturated rings. The van der Waals surface area contributed by atoms with E-state index in [1.807, 2.05) is 42.9 Å². The summed E-state index contributed by atoms with van der Waals surface area (Å²) < 4.78 is 2.25. The molecule has 5 rings (SSSR count). The quantitative estimate of drug-likeness (QED) is 0.663. The molecule has 1 amide bonds. The largest absolute Gasteiger partial charge is 0.327 e. The standard InChI is InChI=1S/C14H13N3.C10H11ClN2O/c15-8-11-4-6-12(7-5-11)14-3-1-2-13-9-16-10-17(13)14;11-8-2-1-3-9(6-8)13-5-4-12-7-10(13)14/h4-7,9-10,14H,1-3H2;1-3,6,12H,4-5,7H2. The van der Waals surface area contributed by atoms with E-state index in [-0.39, 0.29) is 5.91 Å². The molecule has 3 heterocycles. The number of carbonyl (C=O) groups excluding carboxylic acids is 1. The van der Waals surface area contributed by atoms with E-state index in [0.717, 1.165) is 30.6 Å². The Kier molecular flexibility index (Phi) is 6.66. The number of hydrogen-bond acceptors (Lipinski definition) is 4. The van der Waals surface area contributed by atoms with Crippen molar-refractivity contribution in [1.29, 1.82) is 5.26 Å². The first-order valence-corrected chi connectivity index (χ1v) is 10.8. The summed E-state index contributed by atoms with van der Waals surface area (Å²) in [6.07, 6.45) is 7.34. The van der Waals surface area contributed by atoms with Crippen molar-refractivity contribution in [2.24, 2.45) is 0 Å². The predicted octanol–water partition coefficient (Wildman–Crippen LogP) is 3.96. The molecule has 7 heteroatoms. The van der Waals surface area contributed by atoms with Crippen LogP contribution in [0.2, 0.25) is 5.02 Å². The zero-order chi connectivity index (χ0) is 21.6. The van der Waals surface area contributed by atoms with Gasteiger partial charge in [0, 0.05) is 35.7 Å². The zero-order valence-corrected chi connectivity index (χ0v) is 17.9. The van der Waals surface area contributed by atoms with Gasteiger partial charge in [0.15, 0.2) is 0 Å². The number of imidazole rings is 1. The molecule has 31 heavy (non-hydrogen) atoms. The van der Waals surface area contributed by atoms with Gasteiger partial charge < -0.3 is 14.8 Å². The van der Waals surface area contributed by atoms with Crippen LogP contribution in [0.5, 0.6) is 0 Å². The van der Waals surface area contributed by atoms with Crippen LogP contribution >= 0.6 is 11.6 Å². The van der Waals surface area contributed by atoms with Crippen molar-refractivity contribution in [3.05, 3.63) is 82.9 Å². The maximum Gasteiger partial charge on any atom is 0.240 e. The van der Waals surface area contributed by atoms with E-state index in [2.05, 4.69) is 33.1 Å².